The molecule has 2 rings (SSSR count). The lowest BCUT2D eigenvalue weighted by Gasteiger charge is -2.17. The predicted molar refractivity (Wildman–Crippen MR) is 70.4 cm³/mol. The normalized spacial score (nSPS) is 15.9. The summed E-state index contributed by atoms with van der Waals surface area (Å²) < 4.78 is 1.99. The molecule has 0 saturated carbocycles. The highest BCUT2D eigenvalue weighted by Gasteiger charge is 2.16. The Bertz CT molecular complexity index is 436. The van der Waals surface area contributed by atoms with Crippen molar-refractivity contribution in [2.75, 3.05) is 13.1 Å². The van der Waals surface area contributed by atoms with E-state index >= 15 is 0 Å². The van der Waals surface area contributed by atoms with Gasteiger partial charge < -0.3 is 9.88 Å². The lowest BCUT2D eigenvalue weighted by Crippen LogP contribution is -2.30. The van der Waals surface area contributed by atoms with E-state index < -0.39 is 0 Å². The van der Waals surface area contributed by atoms with E-state index in [9.17, 15) is 4.79 Å². The van der Waals surface area contributed by atoms with Crippen molar-refractivity contribution >= 4 is 0 Å². The molecular weight excluding hydrogens is 212 g/mol. The van der Waals surface area contributed by atoms with Crippen LogP contribution in [-0.4, -0.2) is 17.7 Å². The Hall–Kier alpha value is -1.09. The maximum Gasteiger partial charge on any atom is 0.250 e. The van der Waals surface area contributed by atoms with Gasteiger partial charge >= 0.3 is 0 Å². The summed E-state index contributed by atoms with van der Waals surface area (Å²) in [5, 5.41) is 3.34. The van der Waals surface area contributed by atoms with Crippen molar-refractivity contribution < 1.29 is 0 Å². The van der Waals surface area contributed by atoms with Gasteiger partial charge in [0.1, 0.15) is 0 Å². The summed E-state index contributed by atoms with van der Waals surface area (Å²) in [6.45, 7) is 7.12. The molecule has 0 amide bonds. The number of fused-ring (bicyclic) bond motifs is 1. The van der Waals surface area contributed by atoms with E-state index in [2.05, 4.69) is 19.2 Å². The van der Waals surface area contributed by atoms with Gasteiger partial charge in [0.15, 0.2) is 0 Å². The molecule has 1 aliphatic rings. The van der Waals surface area contributed by atoms with Crippen LogP contribution in [0.1, 0.15) is 31.5 Å². The van der Waals surface area contributed by atoms with Gasteiger partial charge in [0.05, 0.1) is 0 Å². The fourth-order valence-corrected chi connectivity index (χ4v) is 2.60. The summed E-state index contributed by atoms with van der Waals surface area (Å²) in [6, 6.07) is 3.74. The number of hydrogen-bond acceptors (Lipinski definition) is 2. The molecule has 1 heterocycles. The largest absolute Gasteiger partial charge is 0.317 e. The molecule has 3 heteroatoms. The first-order valence-corrected chi connectivity index (χ1v) is 6.64. The fraction of sp³-hybridized carbons (Fsp3) is 0.643. The van der Waals surface area contributed by atoms with Gasteiger partial charge in [-0.05, 0) is 43.8 Å². The molecule has 1 aromatic heterocycles. The van der Waals surface area contributed by atoms with E-state index in [0.717, 1.165) is 32.5 Å². The van der Waals surface area contributed by atoms with Crippen LogP contribution in [0.5, 0.6) is 0 Å². The van der Waals surface area contributed by atoms with Gasteiger partial charge in [-0.2, -0.15) is 0 Å². The molecule has 0 fully saturated rings. The zero-order chi connectivity index (χ0) is 12.3. The number of nitrogens with one attached hydrogen (secondary N) is 1. The SMILES string of the molecule is CCNCC(C)Cn1c2c(ccc1=O)CCC2. The van der Waals surface area contributed by atoms with Crippen LogP contribution >= 0.6 is 0 Å². The first kappa shape index (κ1) is 12.4. The number of hydrogen-bond donors (Lipinski definition) is 1. The van der Waals surface area contributed by atoms with Gasteiger partial charge in [-0.1, -0.05) is 19.9 Å². The summed E-state index contributed by atoms with van der Waals surface area (Å²) >= 11 is 0. The Kier molecular flexibility index (Phi) is 4.00. The van der Waals surface area contributed by atoms with Crippen molar-refractivity contribution in [2.45, 2.75) is 39.7 Å². The average molecular weight is 234 g/mol. The van der Waals surface area contributed by atoms with E-state index in [-0.39, 0.29) is 5.56 Å². The Labute approximate surface area is 103 Å². The smallest absolute Gasteiger partial charge is 0.250 e. The minimum absolute atomic E-state index is 0.161. The lowest BCUT2D eigenvalue weighted by atomic mass is 10.1. The highest BCUT2D eigenvalue weighted by Crippen LogP contribution is 2.20. The third-order valence-corrected chi connectivity index (χ3v) is 3.49. The van der Waals surface area contributed by atoms with Gasteiger partial charge in [0, 0.05) is 18.3 Å². The van der Waals surface area contributed by atoms with Gasteiger partial charge in [-0.3, -0.25) is 4.79 Å². The molecule has 0 saturated heterocycles. The van der Waals surface area contributed by atoms with Crippen molar-refractivity contribution in [3.63, 3.8) is 0 Å². The summed E-state index contributed by atoms with van der Waals surface area (Å²) in [5.41, 5.74) is 2.81. The monoisotopic (exact) mass is 234 g/mol. The van der Waals surface area contributed by atoms with Crippen LogP contribution in [-0.2, 0) is 19.4 Å². The molecule has 0 spiro atoms. The number of nitrogens with zero attached hydrogens (tertiary/aromatic N) is 1. The zero-order valence-electron chi connectivity index (χ0n) is 10.8. The summed E-state index contributed by atoms with van der Waals surface area (Å²) in [4.78, 5) is 11.9. The number of aromatic nitrogens is 1. The molecule has 3 nitrogen and oxygen atoms in total. The molecule has 0 bridgehead atoms. The number of rotatable bonds is 5. The quantitative estimate of drug-likeness (QED) is 0.839. The van der Waals surface area contributed by atoms with Crippen LogP contribution in [0.15, 0.2) is 16.9 Å². The molecule has 1 aromatic rings. The predicted octanol–water partition coefficient (Wildman–Crippen LogP) is 1.58. The Morgan fingerprint density at radius 2 is 2.24 bits per heavy atom. The standard InChI is InChI=1S/C14H22N2O/c1-3-15-9-11(2)10-16-13-6-4-5-12(13)7-8-14(16)17/h7-8,11,15H,3-6,9-10H2,1-2H3. The molecule has 94 valence electrons. The van der Waals surface area contributed by atoms with Crippen molar-refractivity contribution in [2.24, 2.45) is 5.92 Å². The van der Waals surface area contributed by atoms with Crippen LogP contribution in [0.2, 0.25) is 0 Å². The first-order valence-electron chi connectivity index (χ1n) is 6.64. The van der Waals surface area contributed by atoms with Gasteiger partial charge in [0.2, 0.25) is 0 Å². The van der Waals surface area contributed by atoms with Gasteiger partial charge in [-0.15, -0.1) is 0 Å². The van der Waals surface area contributed by atoms with E-state index in [0.29, 0.717) is 5.92 Å². The molecule has 1 unspecified atom stereocenters. The van der Waals surface area contributed by atoms with Crippen LogP contribution in [0, 0.1) is 5.92 Å². The average Bonchev–Trinajstić information content (AvgIpc) is 2.78. The molecule has 1 N–H and O–H groups in total. The van der Waals surface area contributed by atoms with Gasteiger partial charge in [-0.25, -0.2) is 0 Å². The minimum Gasteiger partial charge on any atom is -0.317 e. The molecule has 0 radical (unpaired) electrons. The van der Waals surface area contributed by atoms with Crippen molar-refractivity contribution in [1.29, 1.82) is 0 Å². The highest BCUT2D eigenvalue weighted by atomic mass is 16.1. The van der Waals surface area contributed by atoms with Crippen molar-refractivity contribution in [3.05, 3.63) is 33.7 Å². The molecule has 0 aromatic carbocycles. The van der Waals surface area contributed by atoms with E-state index in [1.807, 2.05) is 10.6 Å². The van der Waals surface area contributed by atoms with E-state index in [1.165, 1.54) is 17.7 Å². The third-order valence-electron chi connectivity index (χ3n) is 3.49. The van der Waals surface area contributed by atoms with Gasteiger partial charge in [0.25, 0.3) is 5.56 Å². The Morgan fingerprint density at radius 1 is 1.41 bits per heavy atom. The fourth-order valence-electron chi connectivity index (χ4n) is 2.60. The second kappa shape index (κ2) is 5.50. The summed E-state index contributed by atoms with van der Waals surface area (Å²) in [5.74, 6) is 0.500. The number of aryl methyl sites for hydroxylation is 1. The second-order valence-corrected chi connectivity index (χ2v) is 5.02. The molecule has 0 aliphatic heterocycles. The maximum absolute atomic E-state index is 11.9. The highest BCUT2D eigenvalue weighted by molar-refractivity contribution is 5.25. The first-order chi connectivity index (χ1) is 8.22. The van der Waals surface area contributed by atoms with Crippen LogP contribution in [0.4, 0.5) is 0 Å². The van der Waals surface area contributed by atoms with Crippen LogP contribution < -0.4 is 10.9 Å². The Morgan fingerprint density at radius 3 is 3.00 bits per heavy atom. The van der Waals surface area contributed by atoms with E-state index in [1.54, 1.807) is 6.07 Å². The zero-order valence-corrected chi connectivity index (χ0v) is 10.8. The summed E-state index contributed by atoms with van der Waals surface area (Å²) in [6.07, 6.45) is 3.40. The molecular formula is C14H22N2O. The lowest BCUT2D eigenvalue weighted by molar-refractivity contribution is 0.436. The maximum atomic E-state index is 11.9. The van der Waals surface area contributed by atoms with E-state index in [4.69, 9.17) is 0 Å². The summed E-state index contributed by atoms with van der Waals surface area (Å²) in [7, 11) is 0. The topological polar surface area (TPSA) is 34.0 Å². The third kappa shape index (κ3) is 2.78. The van der Waals surface area contributed by atoms with Crippen molar-refractivity contribution in [1.82, 2.24) is 9.88 Å². The second-order valence-electron chi connectivity index (χ2n) is 5.02. The van der Waals surface area contributed by atoms with Crippen molar-refractivity contribution in [3.8, 4) is 0 Å². The number of pyridine rings is 1. The molecule has 1 atom stereocenters. The Balaban J connectivity index is 2.15. The molecule has 17 heavy (non-hydrogen) atoms. The molecule has 1 aliphatic carbocycles. The minimum atomic E-state index is 0.161. The van der Waals surface area contributed by atoms with Crippen LogP contribution in [0.3, 0.4) is 0 Å². The van der Waals surface area contributed by atoms with Crippen LogP contribution in [0.25, 0.3) is 0 Å².